The lowest BCUT2D eigenvalue weighted by atomic mass is 10.3. The highest BCUT2D eigenvalue weighted by atomic mass is 32.1. The second-order valence-electron chi connectivity index (χ2n) is 7.08. The zero-order chi connectivity index (χ0) is 20.2. The Morgan fingerprint density at radius 3 is 2.79 bits per heavy atom. The molecule has 4 heterocycles. The summed E-state index contributed by atoms with van der Waals surface area (Å²) in [5.74, 6) is 1.42. The van der Waals surface area contributed by atoms with Crippen LogP contribution in [0, 0.1) is 6.92 Å². The number of anilines is 2. The first kappa shape index (κ1) is 19.4. The van der Waals surface area contributed by atoms with E-state index in [2.05, 4.69) is 30.6 Å². The number of amides is 1. The number of nitrogens with zero attached hydrogens (tertiary/aromatic N) is 5. The van der Waals surface area contributed by atoms with Crippen LogP contribution >= 0.6 is 11.3 Å². The van der Waals surface area contributed by atoms with E-state index in [9.17, 15) is 4.79 Å². The molecule has 0 unspecified atom stereocenters. The largest absolute Gasteiger partial charge is 0.356 e. The molecule has 0 spiro atoms. The number of carbonyl (C=O) groups is 1. The van der Waals surface area contributed by atoms with Gasteiger partial charge in [0.15, 0.2) is 0 Å². The smallest absolute Gasteiger partial charge is 0.269 e. The fourth-order valence-corrected chi connectivity index (χ4v) is 4.09. The molecule has 4 rings (SSSR count). The third-order valence-corrected chi connectivity index (χ3v) is 5.74. The molecular weight excluding hydrogens is 386 g/mol. The van der Waals surface area contributed by atoms with Gasteiger partial charge in [0.25, 0.3) is 5.91 Å². The minimum Gasteiger partial charge on any atom is -0.356 e. The Balaban J connectivity index is 1.31. The number of hydrogen-bond donors (Lipinski definition) is 2. The van der Waals surface area contributed by atoms with Crippen LogP contribution < -0.4 is 15.5 Å². The average Bonchev–Trinajstić information content (AvgIpc) is 3.46. The first-order chi connectivity index (χ1) is 14.1. The summed E-state index contributed by atoms with van der Waals surface area (Å²) >= 11 is 1.61. The molecule has 9 heteroatoms. The Morgan fingerprint density at radius 1 is 1.21 bits per heavy atom. The molecule has 0 saturated carbocycles. The van der Waals surface area contributed by atoms with Crippen molar-refractivity contribution < 1.29 is 4.79 Å². The van der Waals surface area contributed by atoms with E-state index in [0.717, 1.165) is 35.2 Å². The Labute approximate surface area is 174 Å². The Morgan fingerprint density at radius 2 is 2.03 bits per heavy atom. The number of aryl methyl sites for hydroxylation is 2. The topological polar surface area (TPSA) is 88.0 Å². The normalized spacial score (nSPS) is 13.7. The van der Waals surface area contributed by atoms with Crippen LogP contribution in [0.25, 0.3) is 10.6 Å². The molecule has 0 atom stereocenters. The summed E-state index contributed by atoms with van der Waals surface area (Å²) in [6.45, 7) is 5.08. The molecule has 2 N–H and O–H groups in total. The summed E-state index contributed by atoms with van der Waals surface area (Å²) in [4.78, 5) is 24.9. The fraction of sp³-hybridized carbons (Fsp3) is 0.400. The summed E-state index contributed by atoms with van der Waals surface area (Å²) in [7, 11) is 1.78. The number of rotatable bonds is 7. The van der Waals surface area contributed by atoms with E-state index >= 15 is 0 Å². The predicted molar refractivity (Wildman–Crippen MR) is 116 cm³/mol. The summed E-state index contributed by atoms with van der Waals surface area (Å²) in [6.07, 6.45) is 2.42. The molecule has 1 amide bonds. The van der Waals surface area contributed by atoms with Crippen LogP contribution in [-0.4, -0.2) is 51.8 Å². The van der Waals surface area contributed by atoms with Crippen LogP contribution in [0.1, 0.15) is 29.0 Å². The van der Waals surface area contributed by atoms with Gasteiger partial charge < -0.3 is 15.5 Å². The van der Waals surface area contributed by atoms with Gasteiger partial charge in [-0.25, -0.2) is 4.98 Å². The summed E-state index contributed by atoms with van der Waals surface area (Å²) < 4.78 is 1.61. The Hall–Kier alpha value is -2.94. The zero-order valence-electron chi connectivity index (χ0n) is 16.7. The Bertz CT molecular complexity index is 977. The maximum atomic E-state index is 12.5. The Kier molecular flexibility index (Phi) is 5.75. The highest BCUT2D eigenvalue weighted by Gasteiger charge is 2.16. The second-order valence-corrected chi connectivity index (χ2v) is 8.03. The number of aromatic nitrogens is 4. The molecule has 1 aliphatic rings. The highest BCUT2D eigenvalue weighted by molar-refractivity contribution is 7.13. The predicted octanol–water partition coefficient (Wildman–Crippen LogP) is 2.69. The maximum Gasteiger partial charge on any atom is 0.269 e. The molecule has 0 bridgehead atoms. The van der Waals surface area contributed by atoms with Crippen LogP contribution in [0.4, 0.5) is 11.8 Å². The lowest BCUT2D eigenvalue weighted by molar-refractivity contribution is 0.0946. The van der Waals surface area contributed by atoms with Crippen molar-refractivity contribution >= 4 is 29.0 Å². The van der Waals surface area contributed by atoms with Gasteiger partial charge in [0.05, 0.1) is 4.88 Å². The SMILES string of the molecule is Cc1cc(N2CCCC2)nc(NCCNC(=O)c2cc(-c3cccs3)nn2C)n1. The van der Waals surface area contributed by atoms with Gasteiger partial charge in [-0.3, -0.25) is 9.48 Å². The van der Waals surface area contributed by atoms with Crippen LogP contribution in [0.3, 0.4) is 0 Å². The van der Waals surface area contributed by atoms with Crippen molar-refractivity contribution in [1.29, 1.82) is 0 Å². The third kappa shape index (κ3) is 4.56. The van der Waals surface area contributed by atoms with Crippen LogP contribution in [0.2, 0.25) is 0 Å². The zero-order valence-corrected chi connectivity index (χ0v) is 17.5. The van der Waals surface area contributed by atoms with Gasteiger partial charge >= 0.3 is 0 Å². The lowest BCUT2D eigenvalue weighted by Crippen LogP contribution is -2.30. The van der Waals surface area contributed by atoms with Crippen LogP contribution in [-0.2, 0) is 7.05 Å². The molecule has 1 saturated heterocycles. The van der Waals surface area contributed by atoms with Crippen molar-refractivity contribution in [2.45, 2.75) is 19.8 Å². The molecule has 29 heavy (non-hydrogen) atoms. The van der Waals surface area contributed by atoms with E-state index in [-0.39, 0.29) is 5.91 Å². The minimum absolute atomic E-state index is 0.146. The minimum atomic E-state index is -0.146. The number of nitrogens with one attached hydrogen (secondary N) is 2. The first-order valence-corrected chi connectivity index (χ1v) is 10.7. The summed E-state index contributed by atoms with van der Waals surface area (Å²) in [5.41, 5.74) is 2.29. The number of carbonyl (C=O) groups excluding carboxylic acids is 1. The van der Waals surface area contributed by atoms with Gasteiger partial charge in [-0.15, -0.1) is 11.3 Å². The fourth-order valence-electron chi connectivity index (χ4n) is 3.40. The summed E-state index contributed by atoms with van der Waals surface area (Å²) in [5, 5.41) is 12.6. The van der Waals surface area contributed by atoms with Gasteiger partial charge in [-0.1, -0.05) is 6.07 Å². The van der Waals surface area contributed by atoms with Crippen LogP contribution in [0.5, 0.6) is 0 Å². The highest BCUT2D eigenvalue weighted by Crippen LogP contribution is 2.24. The monoisotopic (exact) mass is 411 g/mol. The van der Waals surface area contributed by atoms with Gasteiger partial charge in [0.1, 0.15) is 17.2 Å². The quantitative estimate of drug-likeness (QED) is 0.581. The molecule has 0 aromatic carbocycles. The van der Waals surface area contributed by atoms with Crippen LogP contribution in [0.15, 0.2) is 29.6 Å². The number of thiophene rings is 1. The van der Waals surface area contributed by atoms with Gasteiger partial charge in [-0.05, 0) is 37.3 Å². The van der Waals surface area contributed by atoms with E-state index in [1.807, 2.05) is 36.6 Å². The van der Waals surface area contributed by atoms with E-state index in [1.165, 1.54) is 12.8 Å². The lowest BCUT2D eigenvalue weighted by Gasteiger charge is -2.17. The molecule has 152 valence electrons. The molecular formula is C20H25N7OS. The molecule has 1 fully saturated rings. The first-order valence-electron chi connectivity index (χ1n) is 9.81. The molecule has 3 aromatic rings. The average molecular weight is 412 g/mol. The van der Waals surface area contributed by atoms with Crippen molar-refractivity contribution in [2.75, 3.05) is 36.4 Å². The van der Waals surface area contributed by atoms with E-state index in [1.54, 1.807) is 23.1 Å². The van der Waals surface area contributed by atoms with E-state index in [0.29, 0.717) is 24.7 Å². The van der Waals surface area contributed by atoms with Crippen molar-refractivity contribution in [1.82, 2.24) is 25.1 Å². The second kappa shape index (κ2) is 8.60. The van der Waals surface area contributed by atoms with Gasteiger partial charge in [0.2, 0.25) is 5.95 Å². The van der Waals surface area contributed by atoms with Gasteiger partial charge in [0, 0.05) is 45.0 Å². The van der Waals surface area contributed by atoms with E-state index in [4.69, 9.17) is 0 Å². The molecule has 8 nitrogen and oxygen atoms in total. The van der Waals surface area contributed by atoms with Gasteiger partial charge in [-0.2, -0.15) is 10.1 Å². The molecule has 1 aliphatic heterocycles. The molecule has 3 aromatic heterocycles. The van der Waals surface area contributed by atoms with E-state index < -0.39 is 0 Å². The maximum absolute atomic E-state index is 12.5. The molecule has 0 aliphatic carbocycles. The molecule has 0 radical (unpaired) electrons. The van der Waals surface area contributed by atoms with Crippen molar-refractivity contribution in [3.63, 3.8) is 0 Å². The number of hydrogen-bond acceptors (Lipinski definition) is 7. The van der Waals surface area contributed by atoms with Crippen molar-refractivity contribution in [3.05, 3.63) is 41.0 Å². The standard InChI is InChI=1S/C20H25N7OS/c1-14-12-18(27-9-3-4-10-27)24-20(23-14)22-8-7-21-19(28)16-13-15(25-26(16)2)17-6-5-11-29-17/h5-6,11-13H,3-4,7-10H2,1-2H3,(H,21,28)(H,22,23,24). The third-order valence-electron chi connectivity index (χ3n) is 4.85. The summed E-state index contributed by atoms with van der Waals surface area (Å²) in [6, 6.07) is 7.81. The van der Waals surface area contributed by atoms with Crippen molar-refractivity contribution in [2.24, 2.45) is 7.05 Å². The van der Waals surface area contributed by atoms with Crippen molar-refractivity contribution in [3.8, 4) is 10.6 Å².